The van der Waals surface area contributed by atoms with Crippen molar-refractivity contribution in [3.05, 3.63) is 94.8 Å². The molecule has 1 heterocycles. The van der Waals surface area contributed by atoms with Gasteiger partial charge in [0.25, 0.3) is 5.91 Å². The number of imidazole rings is 1. The lowest BCUT2D eigenvalue weighted by Gasteiger charge is -2.12. The molecule has 0 saturated carbocycles. The number of hydrogen-bond acceptors (Lipinski definition) is 3. The van der Waals surface area contributed by atoms with Crippen LogP contribution >= 0.6 is 0 Å². The average Bonchev–Trinajstić information content (AvgIpc) is 3.19. The molecule has 0 atom stereocenters. The summed E-state index contributed by atoms with van der Waals surface area (Å²) in [6.45, 7) is 8.28. The predicted molar refractivity (Wildman–Crippen MR) is 138 cm³/mol. The fraction of sp³-hybridized carbons (Fsp3) is 0.310. The van der Waals surface area contributed by atoms with E-state index in [0.29, 0.717) is 19.6 Å². The van der Waals surface area contributed by atoms with Gasteiger partial charge in [0.1, 0.15) is 11.6 Å². The van der Waals surface area contributed by atoms with E-state index in [9.17, 15) is 4.79 Å². The molecule has 0 fully saturated rings. The van der Waals surface area contributed by atoms with E-state index in [2.05, 4.69) is 35.9 Å². The summed E-state index contributed by atoms with van der Waals surface area (Å²) in [5.74, 6) is 1.93. The summed E-state index contributed by atoms with van der Waals surface area (Å²) in [5.41, 5.74) is 6.29. The number of carbonyl (C=O) groups excluding carboxylic acids is 1. The Morgan fingerprint density at radius 2 is 1.68 bits per heavy atom. The maximum Gasteiger partial charge on any atom is 0.251 e. The molecule has 1 N–H and O–H groups in total. The van der Waals surface area contributed by atoms with Gasteiger partial charge < -0.3 is 14.6 Å². The first-order valence-corrected chi connectivity index (χ1v) is 12.0. The van der Waals surface area contributed by atoms with E-state index in [4.69, 9.17) is 9.72 Å². The van der Waals surface area contributed by atoms with E-state index < -0.39 is 0 Å². The van der Waals surface area contributed by atoms with Gasteiger partial charge >= 0.3 is 0 Å². The van der Waals surface area contributed by atoms with Crippen LogP contribution in [0.2, 0.25) is 0 Å². The van der Waals surface area contributed by atoms with Gasteiger partial charge in [-0.05, 0) is 74.6 Å². The Balaban J connectivity index is 1.35. The molecule has 0 aliphatic heterocycles. The zero-order valence-electron chi connectivity index (χ0n) is 20.3. The smallest absolute Gasteiger partial charge is 0.251 e. The Morgan fingerprint density at radius 3 is 2.53 bits per heavy atom. The summed E-state index contributed by atoms with van der Waals surface area (Å²) in [6, 6.07) is 22.1. The van der Waals surface area contributed by atoms with Crippen LogP contribution in [0.4, 0.5) is 0 Å². The molecule has 34 heavy (non-hydrogen) atoms. The number of unbranched alkanes of at least 4 members (excludes halogenated alkanes) is 1. The summed E-state index contributed by atoms with van der Waals surface area (Å²) in [6.07, 6.45) is 2.64. The summed E-state index contributed by atoms with van der Waals surface area (Å²) < 4.78 is 8.31. The minimum Gasteiger partial charge on any atom is -0.493 e. The number of carbonyl (C=O) groups is 1. The third-order valence-electron chi connectivity index (χ3n) is 6.35. The zero-order chi connectivity index (χ0) is 23.9. The van der Waals surface area contributed by atoms with E-state index in [0.717, 1.165) is 53.1 Å². The Kier molecular flexibility index (Phi) is 7.63. The molecule has 0 saturated heterocycles. The minimum atomic E-state index is -0.0376. The van der Waals surface area contributed by atoms with Crippen LogP contribution in [0, 0.1) is 20.8 Å². The van der Waals surface area contributed by atoms with E-state index >= 15 is 0 Å². The fourth-order valence-corrected chi connectivity index (χ4v) is 4.21. The van der Waals surface area contributed by atoms with E-state index in [1.54, 1.807) is 0 Å². The van der Waals surface area contributed by atoms with Crippen molar-refractivity contribution in [1.29, 1.82) is 0 Å². The number of aryl methyl sites for hydroxylation is 3. The molecule has 3 aromatic carbocycles. The highest BCUT2D eigenvalue weighted by Gasteiger charge is 2.12. The van der Waals surface area contributed by atoms with E-state index in [1.165, 1.54) is 11.1 Å². The first kappa shape index (κ1) is 23.6. The quantitative estimate of drug-likeness (QED) is 0.308. The lowest BCUT2D eigenvalue weighted by molar-refractivity contribution is 0.0953. The zero-order valence-corrected chi connectivity index (χ0v) is 20.3. The van der Waals surface area contributed by atoms with Crippen molar-refractivity contribution >= 4 is 16.9 Å². The predicted octanol–water partition coefficient (Wildman–Crippen LogP) is 5.79. The van der Waals surface area contributed by atoms with Gasteiger partial charge in [-0.3, -0.25) is 4.79 Å². The van der Waals surface area contributed by atoms with Crippen molar-refractivity contribution in [2.24, 2.45) is 0 Å². The first-order valence-electron chi connectivity index (χ1n) is 12.0. The van der Waals surface area contributed by atoms with Crippen LogP contribution < -0.4 is 10.1 Å². The topological polar surface area (TPSA) is 56.2 Å². The molecule has 0 unspecified atom stereocenters. The van der Waals surface area contributed by atoms with Gasteiger partial charge in [-0.15, -0.1) is 0 Å². The van der Waals surface area contributed by atoms with Crippen molar-refractivity contribution in [3.63, 3.8) is 0 Å². The number of nitrogens with one attached hydrogen (secondary N) is 1. The number of hydrogen-bond donors (Lipinski definition) is 1. The molecule has 1 aromatic heterocycles. The molecule has 176 valence electrons. The second kappa shape index (κ2) is 11.0. The van der Waals surface area contributed by atoms with Crippen LogP contribution in [0.25, 0.3) is 11.0 Å². The molecule has 0 bridgehead atoms. The molecule has 4 rings (SSSR count). The third-order valence-corrected chi connectivity index (χ3v) is 6.35. The largest absolute Gasteiger partial charge is 0.493 e. The second-order valence-corrected chi connectivity index (χ2v) is 8.74. The number of amides is 1. The van der Waals surface area contributed by atoms with Crippen molar-refractivity contribution in [3.8, 4) is 5.75 Å². The van der Waals surface area contributed by atoms with E-state index in [-0.39, 0.29) is 5.91 Å². The van der Waals surface area contributed by atoms with Gasteiger partial charge in [0.15, 0.2) is 0 Å². The van der Waals surface area contributed by atoms with Gasteiger partial charge in [0, 0.05) is 25.1 Å². The Morgan fingerprint density at radius 1 is 0.912 bits per heavy atom. The SMILES string of the molecule is Cc1ccccc1C(=O)NCCc1nc2ccccc2n1CCCCOc1cccc(C)c1C. The van der Waals surface area contributed by atoms with Crippen LogP contribution in [0.5, 0.6) is 5.75 Å². The molecule has 0 aliphatic carbocycles. The number of fused-ring (bicyclic) bond motifs is 1. The van der Waals surface area contributed by atoms with Gasteiger partial charge in [0.05, 0.1) is 17.6 Å². The standard InChI is InChI=1S/C29H33N3O2/c1-21-12-10-16-27(23(21)3)34-20-9-8-19-32-26-15-7-6-14-25(26)31-28(32)17-18-30-29(33)24-13-5-4-11-22(24)2/h4-7,10-16H,8-9,17-20H2,1-3H3,(H,30,33). The third kappa shape index (κ3) is 5.48. The second-order valence-electron chi connectivity index (χ2n) is 8.74. The number of para-hydroxylation sites is 2. The molecule has 0 aliphatic rings. The van der Waals surface area contributed by atoms with Gasteiger partial charge in [-0.25, -0.2) is 4.98 Å². The summed E-state index contributed by atoms with van der Waals surface area (Å²) in [4.78, 5) is 17.4. The highest BCUT2D eigenvalue weighted by Crippen LogP contribution is 2.21. The van der Waals surface area contributed by atoms with Crippen molar-refractivity contribution in [2.75, 3.05) is 13.2 Å². The number of rotatable bonds is 10. The highest BCUT2D eigenvalue weighted by atomic mass is 16.5. The molecule has 4 aromatic rings. The normalized spacial score (nSPS) is 11.0. The van der Waals surface area contributed by atoms with Crippen LogP contribution in [-0.2, 0) is 13.0 Å². The van der Waals surface area contributed by atoms with E-state index in [1.807, 2.05) is 61.5 Å². The summed E-state index contributed by atoms with van der Waals surface area (Å²) in [5, 5.41) is 3.05. The monoisotopic (exact) mass is 455 g/mol. The van der Waals surface area contributed by atoms with Crippen molar-refractivity contribution < 1.29 is 9.53 Å². The number of benzene rings is 3. The lowest BCUT2D eigenvalue weighted by Crippen LogP contribution is -2.27. The number of ether oxygens (including phenoxy) is 1. The van der Waals surface area contributed by atoms with Crippen molar-refractivity contribution in [1.82, 2.24) is 14.9 Å². The number of aromatic nitrogens is 2. The van der Waals surface area contributed by atoms with Crippen LogP contribution in [-0.4, -0.2) is 28.6 Å². The Labute approximate surface area is 201 Å². The lowest BCUT2D eigenvalue weighted by atomic mass is 10.1. The molecule has 0 radical (unpaired) electrons. The van der Waals surface area contributed by atoms with Crippen molar-refractivity contribution in [2.45, 2.75) is 46.6 Å². The molecular formula is C29H33N3O2. The molecule has 1 amide bonds. The number of nitrogens with zero attached hydrogens (tertiary/aromatic N) is 2. The fourth-order valence-electron chi connectivity index (χ4n) is 4.21. The summed E-state index contributed by atoms with van der Waals surface area (Å²) >= 11 is 0. The van der Waals surface area contributed by atoms with Gasteiger partial charge in [-0.1, -0.05) is 42.5 Å². The van der Waals surface area contributed by atoms with Gasteiger partial charge in [-0.2, -0.15) is 0 Å². The minimum absolute atomic E-state index is 0.0376. The first-order chi connectivity index (χ1) is 16.5. The average molecular weight is 456 g/mol. The molecule has 5 heteroatoms. The van der Waals surface area contributed by atoms with Crippen LogP contribution in [0.1, 0.15) is 45.7 Å². The van der Waals surface area contributed by atoms with Gasteiger partial charge in [0.2, 0.25) is 0 Å². The Bertz CT molecular complexity index is 1280. The molecule has 5 nitrogen and oxygen atoms in total. The van der Waals surface area contributed by atoms with Crippen LogP contribution in [0.15, 0.2) is 66.7 Å². The molecular weight excluding hydrogens is 422 g/mol. The highest BCUT2D eigenvalue weighted by molar-refractivity contribution is 5.95. The Hall–Kier alpha value is -3.60. The van der Waals surface area contributed by atoms with Crippen LogP contribution in [0.3, 0.4) is 0 Å². The maximum atomic E-state index is 12.6. The molecule has 0 spiro atoms. The summed E-state index contributed by atoms with van der Waals surface area (Å²) in [7, 11) is 0. The maximum absolute atomic E-state index is 12.6.